The Morgan fingerprint density at radius 3 is 2.92 bits per heavy atom. The topological polar surface area (TPSA) is 157 Å². The van der Waals surface area contributed by atoms with Gasteiger partial charge in [-0.3, -0.25) is 4.98 Å². The van der Waals surface area contributed by atoms with Gasteiger partial charge in [-0.1, -0.05) is 0 Å². The third kappa shape index (κ3) is 3.28. The lowest BCUT2D eigenvalue weighted by atomic mass is 10.3. The molecule has 11 heteroatoms. The van der Waals surface area contributed by atoms with Crippen molar-refractivity contribution in [3.8, 4) is 5.88 Å². The van der Waals surface area contributed by atoms with Crippen molar-refractivity contribution in [3.63, 3.8) is 0 Å². The van der Waals surface area contributed by atoms with Gasteiger partial charge >= 0.3 is 5.69 Å². The number of nitrogens with one attached hydrogen (secondary N) is 3. The zero-order valence-electron chi connectivity index (χ0n) is 13.8. The molecule has 136 valence electrons. The van der Waals surface area contributed by atoms with Crippen molar-refractivity contribution < 1.29 is 10.2 Å². The number of rotatable bonds is 6. The Labute approximate surface area is 146 Å². The Hall–Kier alpha value is -3.21. The third-order valence-electron chi connectivity index (χ3n) is 3.88. The molecule has 0 atom stereocenters. The summed E-state index contributed by atoms with van der Waals surface area (Å²) in [6.07, 6.45) is 5.76. The predicted octanol–water partition coefficient (Wildman–Crippen LogP) is -1.75. The molecule has 0 unspecified atom stereocenters. The fraction of sp³-hybridized carbons (Fsp3) is 0.400. The first-order chi connectivity index (χ1) is 12.6. The number of anilines is 1. The van der Waals surface area contributed by atoms with E-state index in [9.17, 15) is 9.90 Å². The number of hydrogen-bond donors (Lipinski definition) is 5. The predicted molar refractivity (Wildman–Crippen MR) is 91.4 cm³/mol. The van der Waals surface area contributed by atoms with E-state index in [-0.39, 0.29) is 24.2 Å². The van der Waals surface area contributed by atoms with E-state index in [1.165, 1.54) is 4.52 Å². The van der Waals surface area contributed by atoms with Crippen LogP contribution in [0.25, 0.3) is 11.7 Å². The largest absolute Gasteiger partial charge is 0.493 e. The molecule has 0 aliphatic heterocycles. The van der Waals surface area contributed by atoms with Crippen LogP contribution in [0.5, 0.6) is 5.88 Å². The van der Waals surface area contributed by atoms with Crippen LogP contribution in [0, 0.1) is 0 Å². The minimum absolute atomic E-state index is 0.0698. The normalized spacial score (nSPS) is 15.9. The zero-order chi connectivity index (χ0) is 18.1. The smallest absolute Gasteiger partial charge is 0.326 e. The first-order valence-corrected chi connectivity index (χ1v) is 8.31. The number of imidazole rings is 1. The summed E-state index contributed by atoms with van der Waals surface area (Å²) in [5, 5.41) is 26.6. The SMILES string of the molecule is O=c1[nH]c(O)c(/C=c2\cnn3c(=NC4CC4)nc(NCCCO)nc23)[nH]1. The number of aromatic amines is 2. The van der Waals surface area contributed by atoms with Gasteiger partial charge in [0.15, 0.2) is 5.65 Å². The maximum Gasteiger partial charge on any atom is 0.326 e. The van der Waals surface area contributed by atoms with Gasteiger partial charge in [-0.25, -0.2) is 9.79 Å². The number of fused-ring (bicyclic) bond motifs is 1. The molecule has 0 saturated heterocycles. The van der Waals surface area contributed by atoms with Crippen LogP contribution in [0.4, 0.5) is 5.95 Å². The monoisotopic (exact) mass is 358 g/mol. The van der Waals surface area contributed by atoms with Gasteiger partial charge in [0.2, 0.25) is 11.8 Å². The molecule has 4 rings (SSSR count). The average Bonchev–Trinajstić information content (AvgIpc) is 3.24. The molecule has 3 aromatic rings. The highest BCUT2D eigenvalue weighted by molar-refractivity contribution is 5.57. The minimum atomic E-state index is -0.504. The molecule has 0 bridgehead atoms. The van der Waals surface area contributed by atoms with Crippen molar-refractivity contribution in [3.05, 3.63) is 33.2 Å². The molecule has 0 aromatic carbocycles. The second kappa shape index (κ2) is 6.59. The summed E-state index contributed by atoms with van der Waals surface area (Å²) in [6, 6.07) is 0.250. The Bertz CT molecular complexity index is 1110. The molecule has 5 N–H and O–H groups in total. The molecule has 0 spiro atoms. The number of aliphatic hydroxyl groups is 1. The number of aromatic hydroxyl groups is 1. The van der Waals surface area contributed by atoms with Crippen LogP contribution in [-0.4, -0.2) is 59.0 Å². The van der Waals surface area contributed by atoms with Gasteiger partial charge < -0.3 is 20.5 Å². The molecule has 11 nitrogen and oxygen atoms in total. The van der Waals surface area contributed by atoms with Crippen LogP contribution < -0.4 is 21.8 Å². The van der Waals surface area contributed by atoms with Crippen LogP contribution >= 0.6 is 0 Å². The van der Waals surface area contributed by atoms with Crippen molar-refractivity contribution >= 4 is 17.7 Å². The van der Waals surface area contributed by atoms with Crippen LogP contribution in [0.2, 0.25) is 0 Å². The lowest BCUT2D eigenvalue weighted by Gasteiger charge is -2.04. The van der Waals surface area contributed by atoms with Crippen LogP contribution in [0.1, 0.15) is 25.0 Å². The number of nitrogens with zero attached hydrogens (tertiary/aromatic N) is 5. The quantitative estimate of drug-likeness (QED) is 0.327. The van der Waals surface area contributed by atoms with Gasteiger partial charge in [0.25, 0.3) is 5.62 Å². The Morgan fingerprint density at radius 2 is 2.23 bits per heavy atom. The first kappa shape index (κ1) is 16.3. The van der Waals surface area contributed by atoms with E-state index in [4.69, 9.17) is 5.11 Å². The second-order valence-electron chi connectivity index (χ2n) is 6.03. The van der Waals surface area contributed by atoms with Crippen LogP contribution in [0.3, 0.4) is 0 Å². The Morgan fingerprint density at radius 1 is 1.38 bits per heavy atom. The van der Waals surface area contributed by atoms with E-state index in [1.807, 2.05) is 0 Å². The molecule has 1 aliphatic carbocycles. The number of aliphatic hydroxyl groups excluding tert-OH is 1. The first-order valence-electron chi connectivity index (χ1n) is 8.31. The number of hydrogen-bond acceptors (Lipinski definition) is 8. The minimum Gasteiger partial charge on any atom is -0.493 e. The van der Waals surface area contributed by atoms with Gasteiger partial charge in [-0.05, 0) is 25.3 Å². The van der Waals surface area contributed by atoms with E-state index in [2.05, 4.69) is 35.3 Å². The number of H-pyrrole nitrogens is 2. The molecule has 1 aliphatic rings. The third-order valence-corrected chi connectivity index (χ3v) is 3.88. The zero-order valence-corrected chi connectivity index (χ0v) is 13.8. The maximum atomic E-state index is 11.3. The molecule has 0 radical (unpaired) electrons. The van der Waals surface area contributed by atoms with Crippen LogP contribution in [0.15, 0.2) is 16.0 Å². The summed E-state index contributed by atoms with van der Waals surface area (Å²) in [7, 11) is 0. The van der Waals surface area contributed by atoms with E-state index < -0.39 is 5.69 Å². The van der Waals surface area contributed by atoms with Gasteiger partial charge in [0, 0.05) is 18.4 Å². The Balaban J connectivity index is 1.85. The standard InChI is InChI=1S/C15H18N8O3/c24-5-1-4-16-13-20-11-8(6-10-12(25)21-15(26)19-10)7-17-23(11)14(22-13)18-9-2-3-9/h6-7,9,24-25H,1-5H2,(H,16,18,22)(H2,19,21,26)/b8-6+. The van der Waals surface area contributed by atoms with Gasteiger partial charge in [-0.15, -0.1) is 0 Å². The summed E-state index contributed by atoms with van der Waals surface area (Å²) in [5.74, 6) is 0.125. The molecule has 1 saturated carbocycles. The van der Waals surface area contributed by atoms with Crippen molar-refractivity contribution in [2.75, 3.05) is 18.5 Å². The van der Waals surface area contributed by atoms with E-state index in [0.717, 1.165) is 12.8 Å². The Kier molecular flexibility index (Phi) is 4.13. The van der Waals surface area contributed by atoms with Crippen molar-refractivity contribution in [1.29, 1.82) is 0 Å². The van der Waals surface area contributed by atoms with Gasteiger partial charge in [-0.2, -0.15) is 19.6 Å². The lowest BCUT2D eigenvalue weighted by molar-refractivity contribution is 0.292. The maximum absolute atomic E-state index is 11.3. The molecule has 3 aromatic heterocycles. The summed E-state index contributed by atoms with van der Waals surface area (Å²) < 4.78 is 1.53. The summed E-state index contributed by atoms with van der Waals surface area (Å²) in [4.78, 5) is 29.5. The van der Waals surface area contributed by atoms with E-state index >= 15 is 0 Å². The van der Waals surface area contributed by atoms with Gasteiger partial charge in [0.05, 0.1) is 12.2 Å². The van der Waals surface area contributed by atoms with Crippen LogP contribution in [-0.2, 0) is 0 Å². The molecule has 26 heavy (non-hydrogen) atoms. The van der Waals surface area contributed by atoms with Crippen molar-refractivity contribution in [1.82, 2.24) is 29.5 Å². The highest BCUT2D eigenvalue weighted by atomic mass is 16.3. The second-order valence-corrected chi connectivity index (χ2v) is 6.03. The molecule has 0 amide bonds. The molecular weight excluding hydrogens is 340 g/mol. The lowest BCUT2D eigenvalue weighted by Crippen LogP contribution is -2.25. The van der Waals surface area contributed by atoms with E-state index in [1.54, 1.807) is 12.3 Å². The number of aromatic nitrogens is 6. The highest BCUT2D eigenvalue weighted by Crippen LogP contribution is 2.22. The summed E-state index contributed by atoms with van der Waals surface area (Å²) >= 11 is 0. The fourth-order valence-corrected chi connectivity index (χ4v) is 2.44. The van der Waals surface area contributed by atoms with Crippen molar-refractivity contribution in [2.45, 2.75) is 25.3 Å². The molecule has 3 heterocycles. The summed E-state index contributed by atoms with van der Waals surface area (Å²) in [6.45, 7) is 0.592. The molecule has 1 fully saturated rings. The highest BCUT2D eigenvalue weighted by Gasteiger charge is 2.20. The fourth-order valence-electron chi connectivity index (χ4n) is 2.44. The summed E-state index contributed by atoms with van der Waals surface area (Å²) in [5.41, 5.74) is 0.664. The van der Waals surface area contributed by atoms with Crippen molar-refractivity contribution in [2.24, 2.45) is 4.99 Å². The molecular formula is C15H18N8O3. The van der Waals surface area contributed by atoms with E-state index in [0.29, 0.717) is 35.4 Å². The average molecular weight is 358 g/mol. The van der Waals surface area contributed by atoms with Gasteiger partial charge in [0.1, 0.15) is 5.69 Å².